The van der Waals surface area contributed by atoms with Crippen LogP contribution in [0.5, 0.6) is 0 Å². The minimum Gasteiger partial charge on any atom is -0.478 e. The lowest BCUT2D eigenvalue weighted by Gasteiger charge is -2.14. The zero-order valence-electron chi connectivity index (χ0n) is 16.9. The number of carbonyl (C=O) groups excluding carboxylic acids is 1. The summed E-state index contributed by atoms with van der Waals surface area (Å²) in [5.74, 6) is -1.51. The number of benzene rings is 2. The van der Waals surface area contributed by atoms with Crippen molar-refractivity contribution in [1.29, 1.82) is 0 Å². The van der Waals surface area contributed by atoms with Crippen LogP contribution < -0.4 is 5.43 Å². The molecule has 2 aromatic heterocycles. The van der Waals surface area contributed by atoms with Crippen LogP contribution in [0.2, 0.25) is 0 Å². The maximum Gasteiger partial charge on any atom is 0.337 e. The van der Waals surface area contributed by atoms with E-state index in [9.17, 15) is 14.7 Å². The highest BCUT2D eigenvalue weighted by Crippen LogP contribution is 2.22. The molecule has 0 spiro atoms. The number of aromatic nitrogens is 3. The topological polar surface area (TPSA) is 109 Å². The van der Waals surface area contributed by atoms with Crippen molar-refractivity contribution < 1.29 is 14.7 Å². The molecule has 0 aliphatic heterocycles. The van der Waals surface area contributed by atoms with Gasteiger partial charge in [-0.15, -0.1) is 0 Å². The van der Waals surface area contributed by atoms with Crippen molar-refractivity contribution in [2.24, 2.45) is 5.10 Å². The Kier molecular flexibility index (Phi) is 5.28. The van der Waals surface area contributed by atoms with E-state index in [4.69, 9.17) is 0 Å². The summed E-state index contributed by atoms with van der Waals surface area (Å²) in [6.45, 7) is 3.76. The predicted octanol–water partition coefficient (Wildman–Crippen LogP) is 3.50. The molecule has 0 saturated heterocycles. The molecule has 4 rings (SSSR count). The fraction of sp³-hybridized carbons (Fsp3) is 0.0870. The molecule has 31 heavy (non-hydrogen) atoms. The quantitative estimate of drug-likeness (QED) is 0.384. The van der Waals surface area contributed by atoms with E-state index in [0.717, 1.165) is 28.0 Å². The Morgan fingerprint density at radius 2 is 1.68 bits per heavy atom. The number of aromatic carboxylic acids is 1. The Bertz CT molecular complexity index is 1320. The summed E-state index contributed by atoms with van der Waals surface area (Å²) in [5, 5.41) is 13.6. The van der Waals surface area contributed by atoms with Gasteiger partial charge in [-0.25, -0.2) is 10.2 Å². The van der Waals surface area contributed by atoms with Gasteiger partial charge in [0.1, 0.15) is 0 Å². The first kappa shape index (κ1) is 20.0. The van der Waals surface area contributed by atoms with Crippen molar-refractivity contribution in [1.82, 2.24) is 20.0 Å². The third-order valence-corrected chi connectivity index (χ3v) is 4.88. The number of nitrogens with one attached hydrogen (secondary N) is 1. The molecule has 2 aromatic carbocycles. The van der Waals surface area contributed by atoms with Gasteiger partial charge in [-0.05, 0) is 61.9 Å². The molecule has 1 amide bonds. The molecule has 0 unspecified atom stereocenters. The molecular formula is C23H19N5O3. The lowest BCUT2D eigenvalue weighted by Crippen LogP contribution is -2.19. The number of nitrogens with zero attached hydrogens (tertiary/aromatic N) is 4. The van der Waals surface area contributed by atoms with E-state index < -0.39 is 11.9 Å². The fourth-order valence-corrected chi connectivity index (χ4v) is 3.38. The van der Waals surface area contributed by atoms with Gasteiger partial charge < -0.3 is 9.67 Å². The van der Waals surface area contributed by atoms with Crippen LogP contribution in [0.4, 0.5) is 0 Å². The second-order valence-electron chi connectivity index (χ2n) is 6.99. The lowest BCUT2D eigenvalue weighted by molar-refractivity contribution is 0.0696. The number of fused-ring (bicyclic) bond motifs is 1. The molecule has 154 valence electrons. The number of hydrazone groups is 1. The van der Waals surface area contributed by atoms with Crippen LogP contribution in [0, 0.1) is 13.8 Å². The summed E-state index contributed by atoms with van der Waals surface area (Å²) in [5.41, 5.74) is 7.32. The number of aryl methyl sites for hydroxylation is 2. The van der Waals surface area contributed by atoms with Crippen LogP contribution in [0.3, 0.4) is 0 Å². The summed E-state index contributed by atoms with van der Waals surface area (Å²) < 4.78 is 1.81. The van der Waals surface area contributed by atoms with Crippen molar-refractivity contribution in [3.05, 3.63) is 89.0 Å². The monoisotopic (exact) mass is 413 g/mol. The molecule has 0 saturated carbocycles. The molecule has 0 atom stereocenters. The third kappa shape index (κ3) is 4.04. The normalized spacial score (nSPS) is 11.2. The van der Waals surface area contributed by atoms with Gasteiger partial charge in [0.15, 0.2) is 0 Å². The lowest BCUT2D eigenvalue weighted by atomic mass is 10.1. The van der Waals surface area contributed by atoms with Gasteiger partial charge in [0.05, 0.1) is 28.5 Å². The van der Waals surface area contributed by atoms with Gasteiger partial charge in [0.2, 0.25) is 0 Å². The van der Waals surface area contributed by atoms with Gasteiger partial charge >= 0.3 is 5.97 Å². The van der Waals surface area contributed by atoms with Crippen LogP contribution in [-0.4, -0.2) is 37.7 Å². The van der Waals surface area contributed by atoms with E-state index in [0.29, 0.717) is 11.3 Å². The average Bonchev–Trinajstić information content (AvgIpc) is 3.10. The zero-order valence-corrected chi connectivity index (χ0v) is 16.9. The number of rotatable bonds is 5. The Morgan fingerprint density at radius 1 is 0.968 bits per heavy atom. The number of hydrogen-bond donors (Lipinski definition) is 2. The van der Waals surface area contributed by atoms with E-state index in [1.54, 1.807) is 23.0 Å². The Labute approximate surface area is 177 Å². The minimum atomic E-state index is -1.06. The third-order valence-electron chi connectivity index (χ3n) is 4.88. The summed E-state index contributed by atoms with van der Waals surface area (Å²) in [4.78, 5) is 32.8. The van der Waals surface area contributed by atoms with E-state index in [2.05, 4.69) is 20.5 Å². The standard InChI is InChI=1S/C23H19N5O3/c1-14-3-4-15(2)28(14)21-12-17(6-7-18(21)23(30)31)22(29)27-26-13-16-5-8-19-20(11-16)25-10-9-24-19/h3-13H,1-2H3,(H,27,29)(H,30,31)/b26-13+. The molecule has 0 bridgehead atoms. The van der Waals surface area contributed by atoms with Gasteiger partial charge in [-0.3, -0.25) is 14.8 Å². The number of carboxylic acid groups (broad SMARTS) is 1. The summed E-state index contributed by atoms with van der Waals surface area (Å²) in [6, 6.07) is 13.7. The van der Waals surface area contributed by atoms with Crippen LogP contribution >= 0.6 is 0 Å². The van der Waals surface area contributed by atoms with Gasteiger partial charge in [0.25, 0.3) is 5.91 Å². The van der Waals surface area contributed by atoms with Crippen molar-refractivity contribution >= 4 is 29.1 Å². The predicted molar refractivity (Wildman–Crippen MR) is 117 cm³/mol. The summed E-state index contributed by atoms with van der Waals surface area (Å²) >= 11 is 0. The van der Waals surface area contributed by atoms with E-state index >= 15 is 0 Å². The van der Waals surface area contributed by atoms with E-state index in [1.807, 2.05) is 44.2 Å². The molecule has 0 aliphatic carbocycles. The Hall–Kier alpha value is -4.33. The van der Waals surface area contributed by atoms with Crippen molar-refractivity contribution in [2.45, 2.75) is 13.8 Å². The van der Waals surface area contributed by atoms with Crippen molar-refractivity contribution in [3.63, 3.8) is 0 Å². The number of carboxylic acids is 1. The molecule has 2 heterocycles. The fourth-order valence-electron chi connectivity index (χ4n) is 3.38. The number of amides is 1. The SMILES string of the molecule is Cc1ccc(C)n1-c1cc(C(=O)N/N=C/c2ccc3nccnc3c2)ccc1C(=O)O. The minimum absolute atomic E-state index is 0.111. The van der Waals surface area contributed by atoms with Gasteiger partial charge in [0, 0.05) is 29.3 Å². The van der Waals surface area contributed by atoms with Crippen LogP contribution in [0.15, 0.2) is 66.0 Å². The first-order valence-corrected chi connectivity index (χ1v) is 9.51. The van der Waals surface area contributed by atoms with Crippen molar-refractivity contribution in [2.75, 3.05) is 0 Å². The highest BCUT2D eigenvalue weighted by molar-refractivity contribution is 5.99. The molecule has 8 nitrogen and oxygen atoms in total. The summed E-state index contributed by atoms with van der Waals surface area (Å²) in [6.07, 6.45) is 4.74. The van der Waals surface area contributed by atoms with Gasteiger partial charge in [-0.1, -0.05) is 6.07 Å². The number of carbonyl (C=O) groups is 2. The van der Waals surface area contributed by atoms with E-state index in [-0.39, 0.29) is 5.56 Å². The maximum absolute atomic E-state index is 12.6. The van der Waals surface area contributed by atoms with Crippen molar-refractivity contribution in [3.8, 4) is 5.69 Å². The smallest absolute Gasteiger partial charge is 0.337 e. The zero-order chi connectivity index (χ0) is 22.0. The molecule has 0 aliphatic rings. The van der Waals surface area contributed by atoms with Crippen LogP contribution in [0.25, 0.3) is 16.7 Å². The Morgan fingerprint density at radius 3 is 2.39 bits per heavy atom. The molecule has 0 fully saturated rings. The van der Waals surface area contributed by atoms with Crippen LogP contribution in [-0.2, 0) is 0 Å². The molecule has 4 aromatic rings. The van der Waals surface area contributed by atoms with Gasteiger partial charge in [-0.2, -0.15) is 5.10 Å². The first-order valence-electron chi connectivity index (χ1n) is 9.51. The summed E-state index contributed by atoms with van der Waals surface area (Å²) in [7, 11) is 0. The number of hydrogen-bond acceptors (Lipinski definition) is 5. The second kappa shape index (κ2) is 8.19. The van der Waals surface area contributed by atoms with Crippen LogP contribution in [0.1, 0.15) is 37.7 Å². The second-order valence-corrected chi connectivity index (χ2v) is 6.99. The molecule has 8 heteroatoms. The molecular weight excluding hydrogens is 394 g/mol. The first-order chi connectivity index (χ1) is 14.9. The maximum atomic E-state index is 12.6. The molecule has 0 radical (unpaired) electrons. The average molecular weight is 413 g/mol. The largest absolute Gasteiger partial charge is 0.478 e. The highest BCUT2D eigenvalue weighted by atomic mass is 16.4. The Balaban J connectivity index is 1.59. The molecule has 2 N–H and O–H groups in total. The highest BCUT2D eigenvalue weighted by Gasteiger charge is 2.17. The van der Waals surface area contributed by atoms with E-state index in [1.165, 1.54) is 18.3 Å².